The van der Waals surface area contributed by atoms with E-state index in [2.05, 4.69) is 5.32 Å². The number of urea groups is 1. The first-order valence-electron chi connectivity index (χ1n) is 10.8. The van der Waals surface area contributed by atoms with Crippen LogP contribution in [0.5, 0.6) is 0 Å². The number of amides is 3. The lowest BCUT2D eigenvalue weighted by molar-refractivity contribution is -0.147. The van der Waals surface area contributed by atoms with Crippen LogP contribution in [-0.2, 0) is 27.2 Å². The van der Waals surface area contributed by atoms with Crippen LogP contribution in [-0.4, -0.2) is 47.3 Å². The van der Waals surface area contributed by atoms with Crippen molar-refractivity contribution >= 4 is 23.7 Å². The Balaban J connectivity index is 1.62. The monoisotopic (exact) mass is 414 g/mol. The number of nitrogens with one attached hydrogen (secondary N) is 1. The maximum Gasteiger partial charge on any atom is 0.326 e. The van der Waals surface area contributed by atoms with Crippen LogP contribution in [0.1, 0.15) is 67.9 Å². The van der Waals surface area contributed by atoms with Crippen LogP contribution in [0.15, 0.2) is 18.2 Å². The molecular formula is C23H30N2O5. The molecule has 162 valence electrons. The number of hydrogen-bond acceptors (Lipinski definition) is 5. The lowest BCUT2D eigenvalue weighted by Gasteiger charge is -2.36. The highest BCUT2D eigenvalue weighted by atomic mass is 16.5. The number of hydrogen-bond donors (Lipinski definition) is 1. The second-order valence-electron chi connectivity index (χ2n) is 8.22. The van der Waals surface area contributed by atoms with Crippen molar-refractivity contribution in [3.05, 3.63) is 34.9 Å². The summed E-state index contributed by atoms with van der Waals surface area (Å²) in [7, 11) is 0. The molecule has 1 N–H and O–H groups in total. The van der Waals surface area contributed by atoms with Gasteiger partial charge in [0.25, 0.3) is 5.91 Å². The van der Waals surface area contributed by atoms with Crippen LogP contribution in [0.3, 0.4) is 0 Å². The van der Waals surface area contributed by atoms with Crippen molar-refractivity contribution in [2.45, 2.75) is 64.8 Å². The maximum atomic E-state index is 12.9. The molecule has 0 bridgehead atoms. The van der Waals surface area contributed by atoms with Gasteiger partial charge in [-0.2, -0.15) is 0 Å². The van der Waals surface area contributed by atoms with E-state index in [4.69, 9.17) is 4.74 Å². The van der Waals surface area contributed by atoms with Crippen molar-refractivity contribution in [1.29, 1.82) is 0 Å². The molecule has 0 radical (unpaired) electrons. The SMILES string of the molecule is CCc1ccc(CC)c(C(=O)COC(=O)CN2C(=O)NC3(CCCCC3C)C2=O)c1. The molecule has 2 atom stereocenters. The van der Waals surface area contributed by atoms with E-state index in [1.807, 2.05) is 39.0 Å². The molecule has 1 aliphatic carbocycles. The van der Waals surface area contributed by atoms with Gasteiger partial charge in [0.1, 0.15) is 12.1 Å². The Labute approximate surface area is 177 Å². The lowest BCUT2D eigenvalue weighted by Crippen LogP contribution is -2.54. The van der Waals surface area contributed by atoms with Gasteiger partial charge in [0.2, 0.25) is 5.78 Å². The fourth-order valence-electron chi connectivity index (χ4n) is 4.45. The third-order valence-electron chi connectivity index (χ3n) is 6.42. The quantitative estimate of drug-likeness (QED) is 0.421. The standard InChI is InChI=1S/C23H30N2O5/c1-4-16-9-10-17(5-2)18(12-16)19(26)14-30-20(27)13-25-21(28)23(24-22(25)29)11-7-6-8-15(23)3/h9-10,12,15H,4-8,11,13-14H2,1-3H3,(H,24,29). The second kappa shape index (κ2) is 8.98. The van der Waals surface area contributed by atoms with Gasteiger partial charge in [-0.05, 0) is 48.8 Å². The molecule has 1 aromatic rings. The number of Topliss-reactive ketones (excluding diaryl/α,β-unsaturated/α-hetero) is 1. The molecule has 7 nitrogen and oxygen atoms in total. The minimum absolute atomic E-state index is 0.0172. The van der Waals surface area contributed by atoms with E-state index in [0.29, 0.717) is 18.4 Å². The molecule has 3 rings (SSSR count). The predicted molar refractivity (Wildman–Crippen MR) is 111 cm³/mol. The third kappa shape index (κ3) is 4.11. The molecule has 7 heteroatoms. The number of benzene rings is 1. The summed E-state index contributed by atoms with van der Waals surface area (Å²) in [5.74, 6) is -1.40. The van der Waals surface area contributed by atoms with Crippen LogP contribution < -0.4 is 5.32 Å². The molecule has 1 saturated carbocycles. The first kappa shape index (κ1) is 22.0. The zero-order chi connectivity index (χ0) is 21.9. The first-order chi connectivity index (χ1) is 14.3. The molecule has 2 fully saturated rings. The highest BCUT2D eigenvalue weighted by molar-refractivity contribution is 6.09. The van der Waals surface area contributed by atoms with E-state index in [1.165, 1.54) is 0 Å². The Bertz CT molecular complexity index is 865. The van der Waals surface area contributed by atoms with Crippen LogP contribution in [0, 0.1) is 5.92 Å². The van der Waals surface area contributed by atoms with Crippen molar-refractivity contribution in [1.82, 2.24) is 10.2 Å². The normalized spacial score (nSPS) is 23.6. The Hall–Kier alpha value is -2.70. The molecule has 1 aliphatic heterocycles. The lowest BCUT2D eigenvalue weighted by atomic mass is 9.73. The van der Waals surface area contributed by atoms with Gasteiger partial charge in [-0.25, -0.2) is 4.79 Å². The average Bonchev–Trinajstić information content (AvgIpc) is 2.98. The minimum Gasteiger partial charge on any atom is -0.456 e. The number of esters is 1. The van der Waals surface area contributed by atoms with Crippen molar-refractivity contribution < 1.29 is 23.9 Å². The largest absolute Gasteiger partial charge is 0.456 e. The number of carbonyl (C=O) groups excluding carboxylic acids is 4. The van der Waals surface area contributed by atoms with Crippen LogP contribution >= 0.6 is 0 Å². The topological polar surface area (TPSA) is 92.8 Å². The molecule has 2 aliphatic rings. The number of nitrogens with zero attached hydrogens (tertiary/aromatic N) is 1. The summed E-state index contributed by atoms with van der Waals surface area (Å²) in [6.45, 7) is 5.02. The molecule has 2 unspecified atom stereocenters. The summed E-state index contributed by atoms with van der Waals surface area (Å²) in [4.78, 5) is 51.1. The van der Waals surface area contributed by atoms with Gasteiger partial charge in [-0.3, -0.25) is 19.3 Å². The van der Waals surface area contributed by atoms with E-state index in [0.717, 1.165) is 41.7 Å². The van der Waals surface area contributed by atoms with Crippen molar-refractivity contribution in [3.63, 3.8) is 0 Å². The van der Waals surface area contributed by atoms with Crippen molar-refractivity contribution in [2.75, 3.05) is 13.2 Å². The smallest absolute Gasteiger partial charge is 0.326 e. The van der Waals surface area contributed by atoms with Gasteiger partial charge in [-0.1, -0.05) is 45.7 Å². The maximum absolute atomic E-state index is 12.9. The third-order valence-corrected chi connectivity index (χ3v) is 6.42. The number of imide groups is 1. The summed E-state index contributed by atoms with van der Waals surface area (Å²) in [6.07, 6.45) is 4.82. The van der Waals surface area contributed by atoms with Crippen LogP contribution in [0.4, 0.5) is 4.79 Å². The minimum atomic E-state index is -0.915. The van der Waals surface area contributed by atoms with E-state index in [9.17, 15) is 19.2 Å². The fraction of sp³-hybridized carbons (Fsp3) is 0.565. The Morgan fingerprint density at radius 3 is 2.63 bits per heavy atom. The van der Waals surface area contributed by atoms with Gasteiger partial charge in [0.05, 0.1) is 0 Å². The van der Waals surface area contributed by atoms with E-state index < -0.39 is 30.7 Å². The number of rotatable bonds is 7. The Morgan fingerprint density at radius 2 is 1.97 bits per heavy atom. The zero-order valence-electron chi connectivity index (χ0n) is 18.0. The molecular weight excluding hydrogens is 384 g/mol. The summed E-state index contributed by atoms with van der Waals surface area (Å²) in [6, 6.07) is 5.18. The van der Waals surface area contributed by atoms with Gasteiger partial charge >= 0.3 is 12.0 Å². The molecule has 0 aromatic heterocycles. The highest BCUT2D eigenvalue weighted by Crippen LogP contribution is 2.38. The van der Waals surface area contributed by atoms with Crippen LogP contribution in [0.2, 0.25) is 0 Å². The Morgan fingerprint density at radius 1 is 1.20 bits per heavy atom. The predicted octanol–water partition coefficient (Wildman–Crippen LogP) is 3.04. The van der Waals surface area contributed by atoms with Crippen molar-refractivity contribution in [3.8, 4) is 0 Å². The fourth-order valence-corrected chi connectivity index (χ4v) is 4.45. The number of ether oxygens (including phenoxy) is 1. The molecule has 1 heterocycles. The van der Waals surface area contributed by atoms with E-state index in [1.54, 1.807) is 0 Å². The molecule has 1 spiro atoms. The summed E-state index contributed by atoms with van der Waals surface area (Å²) in [5, 5.41) is 2.81. The summed E-state index contributed by atoms with van der Waals surface area (Å²) in [5.41, 5.74) is 1.57. The summed E-state index contributed by atoms with van der Waals surface area (Å²) >= 11 is 0. The molecule has 1 saturated heterocycles. The van der Waals surface area contributed by atoms with Gasteiger partial charge in [0, 0.05) is 5.56 Å². The highest BCUT2D eigenvalue weighted by Gasteiger charge is 2.55. The van der Waals surface area contributed by atoms with Crippen molar-refractivity contribution in [2.24, 2.45) is 5.92 Å². The molecule has 3 amide bonds. The molecule has 1 aromatic carbocycles. The first-order valence-corrected chi connectivity index (χ1v) is 10.8. The second-order valence-corrected chi connectivity index (χ2v) is 8.22. The van der Waals surface area contributed by atoms with Gasteiger partial charge < -0.3 is 10.1 Å². The number of aryl methyl sites for hydroxylation is 2. The summed E-state index contributed by atoms with van der Waals surface area (Å²) < 4.78 is 5.13. The zero-order valence-corrected chi connectivity index (χ0v) is 18.0. The number of carbonyl (C=O) groups is 4. The Kier molecular flexibility index (Phi) is 6.58. The van der Waals surface area contributed by atoms with Gasteiger partial charge in [0.15, 0.2) is 6.61 Å². The van der Waals surface area contributed by atoms with Crippen LogP contribution in [0.25, 0.3) is 0 Å². The van der Waals surface area contributed by atoms with Gasteiger partial charge in [-0.15, -0.1) is 0 Å². The molecule has 30 heavy (non-hydrogen) atoms. The average molecular weight is 415 g/mol. The van der Waals surface area contributed by atoms with E-state index in [-0.39, 0.29) is 17.6 Å². The van der Waals surface area contributed by atoms with E-state index >= 15 is 0 Å². The number of ketones is 1.